The van der Waals surface area contributed by atoms with Gasteiger partial charge in [-0.2, -0.15) is 17.5 Å². The van der Waals surface area contributed by atoms with E-state index in [1.165, 1.54) is 0 Å². The Balaban J connectivity index is 1.83. The second-order valence-electron chi connectivity index (χ2n) is 5.64. The molecule has 1 aliphatic carbocycles. The topological polar surface area (TPSA) is 67.8 Å². The van der Waals surface area contributed by atoms with Crippen LogP contribution in [0.15, 0.2) is 48.5 Å². The lowest BCUT2D eigenvalue weighted by Gasteiger charge is -2.25. The molecule has 0 amide bonds. The summed E-state index contributed by atoms with van der Waals surface area (Å²) in [5.41, 5.74) is 3.20. The first-order valence-electron chi connectivity index (χ1n) is 7.55. The number of fused-ring (bicyclic) bond motifs is 3. The van der Waals surface area contributed by atoms with Gasteiger partial charge in [0.25, 0.3) is 0 Å². The van der Waals surface area contributed by atoms with Crippen LogP contribution in [0.2, 0.25) is 0 Å². The molecule has 0 saturated carbocycles. The van der Waals surface area contributed by atoms with Crippen LogP contribution in [0.1, 0.15) is 17.0 Å². The summed E-state index contributed by atoms with van der Waals surface area (Å²) in [5, 5.41) is 7.86. The van der Waals surface area contributed by atoms with Gasteiger partial charge in [-0.3, -0.25) is 5.04 Å². The Bertz CT molecular complexity index is 799. The normalized spacial score (nSPS) is 15.7. The minimum atomic E-state index is -5.68. The van der Waals surface area contributed by atoms with Gasteiger partial charge in [-0.1, -0.05) is 48.5 Å². The summed E-state index contributed by atoms with van der Waals surface area (Å²) in [5.74, 6) is -2.79. The molecular formula is C17H11F4O5S-. The van der Waals surface area contributed by atoms with Crippen molar-refractivity contribution in [1.29, 1.82) is 0 Å². The number of alkyl halides is 4. The lowest BCUT2D eigenvalue weighted by Crippen LogP contribution is -2.47. The fraction of sp³-hybridized carbons (Fsp3) is 0.235. The SMILES string of the molecule is O=C(OCC1c2ccccc2-c2ccccc21)C(F)(SOO[O-])C(F)(F)F. The lowest BCUT2D eigenvalue weighted by atomic mass is 9.98. The zero-order valence-corrected chi connectivity index (χ0v) is 14.2. The Morgan fingerprint density at radius 2 is 1.52 bits per heavy atom. The van der Waals surface area contributed by atoms with Crippen LogP contribution in [0.4, 0.5) is 17.6 Å². The van der Waals surface area contributed by atoms with Crippen LogP contribution in [0.3, 0.4) is 0 Å². The van der Waals surface area contributed by atoms with E-state index in [2.05, 4.69) is 14.1 Å². The summed E-state index contributed by atoms with van der Waals surface area (Å²) < 4.78 is 61.0. The molecule has 0 spiro atoms. The van der Waals surface area contributed by atoms with Crippen molar-refractivity contribution >= 4 is 18.0 Å². The second kappa shape index (κ2) is 7.47. The van der Waals surface area contributed by atoms with E-state index in [1.807, 2.05) is 12.1 Å². The molecule has 2 aromatic rings. The van der Waals surface area contributed by atoms with E-state index < -0.39 is 41.7 Å². The van der Waals surface area contributed by atoms with Crippen LogP contribution >= 0.6 is 12.0 Å². The molecule has 27 heavy (non-hydrogen) atoms. The Morgan fingerprint density at radius 3 is 2.00 bits per heavy atom. The van der Waals surface area contributed by atoms with Crippen molar-refractivity contribution in [2.24, 2.45) is 0 Å². The molecule has 0 bridgehead atoms. The molecule has 2 aromatic carbocycles. The third-order valence-corrected chi connectivity index (χ3v) is 4.90. The highest BCUT2D eigenvalue weighted by Crippen LogP contribution is 2.47. The molecule has 0 heterocycles. The number of benzene rings is 2. The lowest BCUT2D eigenvalue weighted by molar-refractivity contribution is -0.777. The third kappa shape index (κ3) is 3.53. The second-order valence-corrected chi connectivity index (χ2v) is 6.50. The number of carbonyl (C=O) groups is 1. The largest absolute Gasteiger partial charge is 0.691 e. The van der Waals surface area contributed by atoms with Gasteiger partial charge in [0.1, 0.15) is 6.61 Å². The van der Waals surface area contributed by atoms with E-state index in [9.17, 15) is 27.6 Å². The number of ether oxygens (including phenoxy) is 1. The molecule has 10 heteroatoms. The van der Waals surface area contributed by atoms with Crippen LogP contribution < -0.4 is 5.26 Å². The molecule has 3 rings (SSSR count). The van der Waals surface area contributed by atoms with Crippen molar-refractivity contribution in [1.82, 2.24) is 0 Å². The molecule has 0 aromatic heterocycles. The maximum atomic E-state index is 14.2. The van der Waals surface area contributed by atoms with Crippen molar-refractivity contribution < 1.29 is 41.7 Å². The first-order valence-corrected chi connectivity index (χ1v) is 8.29. The molecule has 0 fully saturated rings. The fourth-order valence-electron chi connectivity index (χ4n) is 2.95. The van der Waals surface area contributed by atoms with Gasteiger partial charge in [-0.25, -0.2) is 9.18 Å². The van der Waals surface area contributed by atoms with Crippen LogP contribution in [-0.4, -0.2) is 23.8 Å². The number of hydrogen-bond acceptors (Lipinski definition) is 6. The molecule has 0 saturated heterocycles. The third-order valence-electron chi connectivity index (χ3n) is 4.15. The van der Waals surface area contributed by atoms with Gasteiger partial charge in [0.05, 0.1) is 12.0 Å². The summed E-state index contributed by atoms with van der Waals surface area (Å²) in [7, 11) is 0. The average Bonchev–Trinajstić information content (AvgIpc) is 2.97. The highest BCUT2D eigenvalue weighted by molar-refractivity contribution is 7.96. The number of carbonyl (C=O) groups excluding carboxylic acids is 1. The summed E-state index contributed by atoms with van der Waals surface area (Å²) in [4.78, 5) is 11.8. The highest BCUT2D eigenvalue weighted by Gasteiger charge is 2.66. The first-order chi connectivity index (χ1) is 12.8. The van der Waals surface area contributed by atoms with E-state index >= 15 is 0 Å². The molecule has 0 radical (unpaired) electrons. The van der Waals surface area contributed by atoms with Crippen molar-refractivity contribution in [2.45, 2.75) is 17.1 Å². The summed E-state index contributed by atoms with van der Waals surface area (Å²) in [6.45, 7) is -0.520. The number of esters is 1. The van der Waals surface area contributed by atoms with Gasteiger partial charge >= 0.3 is 17.1 Å². The summed E-state index contributed by atoms with van der Waals surface area (Å²) >= 11 is -1.11. The van der Waals surface area contributed by atoms with E-state index in [-0.39, 0.29) is 0 Å². The molecule has 0 aliphatic heterocycles. The molecular weight excluding hydrogens is 392 g/mol. The quantitative estimate of drug-likeness (QED) is 0.242. The van der Waals surface area contributed by atoms with Gasteiger partial charge < -0.3 is 9.99 Å². The average molecular weight is 403 g/mol. The van der Waals surface area contributed by atoms with Crippen molar-refractivity contribution in [3.8, 4) is 11.1 Å². The molecule has 5 nitrogen and oxygen atoms in total. The number of halogens is 4. The first kappa shape index (κ1) is 19.6. The maximum absolute atomic E-state index is 14.2. The van der Waals surface area contributed by atoms with E-state index in [1.54, 1.807) is 36.4 Å². The minimum Gasteiger partial charge on any atom is -0.691 e. The van der Waals surface area contributed by atoms with Crippen LogP contribution in [-0.2, 0) is 18.9 Å². The highest BCUT2D eigenvalue weighted by atomic mass is 32.2. The van der Waals surface area contributed by atoms with E-state index in [4.69, 9.17) is 0 Å². The zero-order chi connectivity index (χ0) is 19.7. The van der Waals surface area contributed by atoms with Gasteiger partial charge in [0.2, 0.25) is 0 Å². The van der Waals surface area contributed by atoms with Gasteiger partial charge in [0.15, 0.2) is 0 Å². The fourth-order valence-corrected chi connectivity index (χ4v) is 3.29. The molecule has 1 aliphatic rings. The van der Waals surface area contributed by atoms with Gasteiger partial charge in [-0.15, -0.1) is 0 Å². The summed E-state index contributed by atoms with van der Waals surface area (Å²) in [6, 6.07) is 14.3. The van der Waals surface area contributed by atoms with Crippen molar-refractivity contribution in [2.75, 3.05) is 6.61 Å². The predicted octanol–water partition coefficient (Wildman–Crippen LogP) is 3.44. The van der Waals surface area contributed by atoms with Crippen molar-refractivity contribution in [3.63, 3.8) is 0 Å². The van der Waals surface area contributed by atoms with Crippen LogP contribution in [0.5, 0.6) is 0 Å². The minimum absolute atomic E-state index is 0.520. The standard InChI is InChI=1S/C17H12F4O5S/c18-16(17(19,20)21,27-26-25-23)15(22)24-9-14-12-7-3-1-5-10(12)11-6-2-4-8-13(11)14/h1-8,14,23H,9H2/p-1. The molecule has 0 N–H and O–H groups in total. The maximum Gasteiger partial charge on any atom is 0.446 e. The number of rotatable bonds is 6. The summed E-state index contributed by atoms with van der Waals surface area (Å²) in [6.07, 6.45) is -5.68. The van der Waals surface area contributed by atoms with Crippen LogP contribution in [0.25, 0.3) is 11.1 Å². The Kier molecular flexibility index (Phi) is 5.43. The monoisotopic (exact) mass is 403 g/mol. The van der Waals surface area contributed by atoms with Crippen LogP contribution in [0, 0.1) is 0 Å². The zero-order valence-electron chi connectivity index (χ0n) is 13.4. The Labute approximate surface area is 154 Å². The molecule has 144 valence electrons. The van der Waals surface area contributed by atoms with Gasteiger partial charge in [0, 0.05) is 5.92 Å². The molecule has 1 atom stereocenters. The Morgan fingerprint density at radius 1 is 1.00 bits per heavy atom. The number of hydrogen-bond donors (Lipinski definition) is 0. The predicted molar refractivity (Wildman–Crippen MR) is 84.3 cm³/mol. The Hall–Kier alpha value is -2.14. The van der Waals surface area contributed by atoms with E-state index in [0.29, 0.717) is 0 Å². The molecule has 1 unspecified atom stereocenters. The van der Waals surface area contributed by atoms with Crippen molar-refractivity contribution in [3.05, 3.63) is 59.7 Å². The smallest absolute Gasteiger partial charge is 0.446 e. The van der Waals surface area contributed by atoms with Gasteiger partial charge in [-0.05, 0) is 22.3 Å². The van der Waals surface area contributed by atoms with E-state index in [0.717, 1.165) is 22.3 Å².